The lowest BCUT2D eigenvalue weighted by Gasteiger charge is -2.35. The van der Waals surface area contributed by atoms with Crippen molar-refractivity contribution in [3.63, 3.8) is 0 Å². The van der Waals surface area contributed by atoms with E-state index in [1.165, 1.54) is 12.1 Å². The van der Waals surface area contributed by atoms with Crippen LogP contribution in [-0.2, 0) is 20.9 Å². The molecule has 6 nitrogen and oxygen atoms in total. The van der Waals surface area contributed by atoms with E-state index in [1.54, 1.807) is 17.0 Å². The smallest absolute Gasteiger partial charge is 0.225 e. The third-order valence-electron chi connectivity index (χ3n) is 6.01. The largest absolute Gasteiger partial charge is 0.379 e. The third kappa shape index (κ3) is 5.48. The van der Waals surface area contributed by atoms with Gasteiger partial charge in [0.1, 0.15) is 5.82 Å². The van der Waals surface area contributed by atoms with E-state index in [1.807, 2.05) is 30.3 Å². The van der Waals surface area contributed by atoms with Crippen molar-refractivity contribution in [2.75, 3.05) is 39.4 Å². The second kappa shape index (κ2) is 10.0. The maximum atomic E-state index is 13.4. The van der Waals surface area contributed by atoms with Gasteiger partial charge in [0.25, 0.3) is 0 Å². The van der Waals surface area contributed by atoms with Crippen molar-refractivity contribution in [1.82, 2.24) is 15.1 Å². The first-order valence-corrected chi connectivity index (χ1v) is 10.8. The van der Waals surface area contributed by atoms with E-state index in [0.717, 1.165) is 24.2 Å². The molecule has 0 aromatic heterocycles. The lowest BCUT2D eigenvalue weighted by atomic mass is 10.0. The highest BCUT2D eigenvalue weighted by Crippen LogP contribution is 2.24. The summed E-state index contributed by atoms with van der Waals surface area (Å²) in [6, 6.07) is 16.2. The molecule has 2 aliphatic heterocycles. The average Bonchev–Trinajstić information content (AvgIpc) is 3.16. The van der Waals surface area contributed by atoms with Gasteiger partial charge in [0.15, 0.2) is 0 Å². The molecule has 2 amide bonds. The normalized spacial score (nSPS) is 20.6. The van der Waals surface area contributed by atoms with Crippen molar-refractivity contribution in [1.29, 1.82) is 0 Å². The van der Waals surface area contributed by atoms with E-state index in [9.17, 15) is 14.0 Å². The highest BCUT2D eigenvalue weighted by atomic mass is 19.1. The zero-order chi connectivity index (χ0) is 21.6. The monoisotopic (exact) mass is 425 g/mol. The standard InChI is InChI=1S/C24H28FN3O3/c25-21-8-6-19(7-9-21)22(27-10-12-31-13-11-27)15-26-24(30)20-14-23(29)28(17-20)16-18-4-2-1-3-5-18/h1-9,20,22H,10-17H2,(H,26,30)/t20-,22+/m0/s1. The first-order valence-electron chi connectivity index (χ1n) is 10.8. The number of benzene rings is 2. The van der Waals surface area contributed by atoms with Crippen LogP contribution in [-0.4, -0.2) is 61.0 Å². The predicted molar refractivity (Wildman–Crippen MR) is 115 cm³/mol. The first-order chi connectivity index (χ1) is 15.1. The van der Waals surface area contributed by atoms with Gasteiger partial charge in [-0.1, -0.05) is 42.5 Å². The number of hydrogen-bond donors (Lipinski definition) is 1. The van der Waals surface area contributed by atoms with Gasteiger partial charge in [-0.2, -0.15) is 0 Å². The van der Waals surface area contributed by atoms with E-state index in [2.05, 4.69) is 10.2 Å². The zero-order valence-electron chi connectivity index (χ0n) is 17.5. The summed E-state index contributed by atoms with van der Waals surface area (Å²) >= 11 is 0. The number of ether oxygens (including phenoxy) is 1. The molecule has 2 saturated heterocycles. The molecule has 31 heavy (non-hydrogen) atoms. The van der Waals surface area contributed by atoms with Crippen LogP contribution >= 0.6 is 0 Å². The summed E-state index contributed by atoms with van der Waals surface area (Å²) in [6.45, 7) is 4.14. The summed E-state index contributed by atoms with van der Waals surface area (Å²) < 4.78 is 18.9. The molecular weight excluding hydrogens is 397 g/mol. The molecule has 4 rings (SSSR count). The second-order valence-electron chi connectivity index (χ2n) is 8.12. The highest BCUT2D eigenvalue weighted by Gasteiger charge is 2.34. The number of halogens is 1. The molecule has 2 aromatic carbocycles. The van der Waals surface area contributed by atoms with Crippen molar-refractivity contribution >= 4 is 11.8 Å². The molecular formula is C24H28FN3O3. The minimum atomic E-state index is -0.352. The van der Waals surface area contributed by atoms with E-state index in [0.29, 0.717) is 32.8 Å². The Hall–Kier alpha value is -2.77. The number of carbonyl (C=O) groups excluding carboxylic acids is 2. The molecule has 0 aliphatic carbocycles. The Balaban J connectivity index is 1.37. The highest BCUT2D eigenvalue weighted by molar-refractivity contribution is 5.89. The number of nitrogens with one attached hydrogen (secondary N) is 1. The molecule has 2 aromatic rings. The molecule has 164 valence electrons. The molecule has 0 spiro atoms. The van der Waals surface area contributed by atoms with Gasteiger partial charge in [0.2, 0.25) is 11.8 Å². The van der Waals surface area contributed by atoms with Crippen LogP contribution in [0.2, 0.25) is 0 Å². The van der Waals surface area contributed by atoms with Crippen molar-refractivity contribution in [2.24, 2.45) is 5.92 Å². The summed E-state index contributed by atoms with van der Waals surface area (Å²) in [6.07, 6.45) is 0.234. The summed E-state index contributed by atoms with van der Waals surface area (Å²) in [5.74, 6) is -0.734. The van der Waals surface area contributed by atoms with Crippen molar-refractivity contribution < 1.29 is 18.7 Å². The van der Waals surface area contributed by atoms with Crippen LogP contribution in [0.15, 0.2) is 54.6 Å². The summed E-state index contributed by atoms with van der Waals surface area (Å²) in [7, 11) is 0. The zero-order valence-corrected chi connectivity index (χ0v) is 17.5. The quantitative estimate of drug-likeness (QED) is 0.740. The number of morpholine rings is 1. The first kappa shape index (κ1) is 21.5. The molecule has 2 heterocycles. The van der Waals surface area contributed by atoms with Gasteiger partial charge in [0.05, 0.1) is 25.2 Å². The van der Waals surface area contributed by atoms with Crippen LogP contribution in [0.1, 0.15) is 23.6 Å². The third-order valence-corrected chi connectivity index (χ3v) is 6.01. The topological polar surface area (TPSA) is 61.9 Å². The Labute approximate surface area is 182 Å². The summed E-state index contributed by atoms with van der Waals surface area (Å²) in [4.78, 5) is 29.3. The van der Waals surface area contributed by atoms with Gasteiger partial charge in [0, 0.05) is 39.1 Å². The lowest BCUT2D eigenvalue weighted by molar-refractivity contribution is -0.129. The molecule has 0 saturated carbocycles. The van der Waals surface area contributed by atoms with Gasteiger partial charge in [-0.25, -0.2) is 4.39 Å². The fraction of sp³-hybridized carbons (Fsp3) is 0.417. The lowest BCUT2D eigenvalue weighted by Crippen LogP contribution is -2.45. The predicted octanol–water partition coefficient (Wildman–Crippen LogP) is 2.36. The number of carbonyl (C=O) groups is 2. The van der Waals surface area contributed by atoms with Gasteiger partial charge in [-0.05, 0) is 23.3 Å². The van der Waals surface area contributed by atoms with Gasteiger partial charge in [-0.3, -0.25) is 14.5 Å². The Morgan fingerprint density at radius 1 is 1.10 bits per heavy atom. The number of rotatable bonds is 7. The van der Waals surface area contributed by atoms with Crippen LogP contribution < -0.4 is 5.32 Å². The molecule has 0 bridgehead atoms. The minimum Gasteiger partial charge on any atom is -0.379 e. The molecule has 2 fully saturated rings. The average molecular weight is 426 g/mol. The fourth-order valence-electron chi connectivity index (χ4n) is 4.28. The van der Waals surface area contributed by atoms with Crippen LogP contribution in [0.4, 0.5) is 4.39 Å². The fourth-order valence-corrected chi connectivity index (χ4v) is 4.28. The Morgan fingerprint density at radius 2 is 1.81 bits per heavy atom. The number of amides is 2. The van der Waals surface area contributed by atoms with E-state index in [4.69, 9.17) is 4.74 Å². The summed E-state index contributed by atoms with van der Waals surface area (Å²) in [5, 5.41) is 3.05. The Bertz CT molecular complexity index is 885. The van der Waals surface area contributed by atoms with Crippen LogP contribution in [0.5, 0.6) is 0 Å². The minimum absolute atomic E-state index is 0.00673. The van der Waals surface area contributed by atoms with Crippen molar-refractivity contribution in [3.8, 4) is 0 Å². The van der Waals surface area contributed by atoms with E-state index in [-0.39, 0.29) is 36.0 Å². The maximum absolute atomic E-state index is 13.4. The van der Waals surface area contributed by atoms with Gasteiger partial charge >= 0.3 is 0 Å². The number of likely N-dealkylation sites (tertiary alicyclic amines) is 1. The SMILES string of the molecule is O=C(NC[C@H](c1ccc(F)cc1)N1CCOCC1)[C@H]1CC(=O)N(Cc2ccccc2)C1. The molecule has 1 N–H and O–H groups in total. The van der Waals surface area contributed by atoms with Crippen LogP contribution in [0.3, 0.4) is 0 Å². The van der Waals surface area contributed by atoms with Gasteiger partial charge in [-0.15, -0.1) is 0 Å². The Morgan fingerprint density at radius 3 is 2.52 bits per heavy atom. The number of hydrogen-bond acceptors (Lipinski definition) is 4. The molecule has 0 unspecified atom stereocenters. The Kier molecular flexibility index (Phi) is 6.94. The maximum Gasteiger partial charge on any atom is 0.225 e. The molecule has 2 atom stereocenters. The number of nitrogens with zero attached hydrogens (tertiary/aromatic N) is 2. The van der Waals surface area contributed by atoms with Gasteiger partial charge < -0.3 is 15.0 Å². The van der Waals surface area contributed by atoms with Crippen LogP contribution in [0, 0.1) is 11.7 Å². The van der Waals surface area contributed by atoms with E-state index < -0.39 is 0 Å². The van der Waals surface area contributed by atoms with Crippen molar-refractivity contribution in [3.05, 3.63) is 71.5 Å². The van der Waals surface area contributed by atoms with E-state index >= 15 is 0 Å². The second-order valence-corrected chi connectivity index (χ2v) is 8.12. The van der Waals surface area contributed by atoms with Crippen molar-refractivity contribution in [2.45, 2.75) is 19.0 Å². The molecule has 0 radical (unpaired) electrons. The molecule has 7 heteroatoms. The summed E-state index contributed by atoms with van der Waals surface area (Å²) in [5.41, 5.74) is 2.01. The van der Waals surface area contributed by atoms with Crippen LogP contribution in [0.25, 0.3) is 0 Å². The molecule has 2 aliphatic rings.